The summed E-state index contributed by atoms with van der Waals surface area (Å²) >= 11 is 0. The topological polar surface area (TPSA) is 43.4 Å². The third-order valence-corrected chi connectivity index (χ3v) is 5.75. The molecular weight excluding hydrogens is 276 g/mol. The minimum atomic E-state index is -0.442. The second kappa shape index (κ2) is 5.08. The fourth-order valence-corrected chi connectivity index (χ4v) is 4.76. The Balaban J connectivity index is 1.62. The second-order valence-corrected chi connectivity index (χ2v) is 6.85. The molecule has 1 unspecified atom stereocenters. The van der Waals surface area contributed by atoms with E-state index < -0.39 is 5.41 Å². The molecule has 4 rings (SSSR count). The van der Waals surface area contributed by atoms with Crippen LogP contribution in [-0.4, -0.2) is 17.9 Å². The molecule has 0 aromatic heterocycles. The van der Waals surface area contributed by atoms with Crippen molar-refractivity contribution in [2.45, 2.75) is 38.2 Å². The summed E-state index contributed by atoms with van der Waals surface area (Å²) in [5.41, 5.74) is 0.122. The summed E-state index contributed by atoms with van der Waals surface area (Å²) in [4.78, 5) is 25.1. The van der Waals surface area contributed by atoms with Crippen molar-refractivity contribution in [3.63, 3.8) is 0 Å². The molecule has 4 atom stereocenters. The normalized spacial score (nSPS) is 36.0. The van der Waals surface area contributed by atoms with Gasteiger partial charge in [-0.05, 0) is 62.1 Å². The average molecular weight is 296 g/mol. The molecule has 3 nitrogen and oxygen atoms in total. The van der Waals surface area contributed by atoms with Crippen LogP contribution in [-0.2, 0) is 9.53 Å². The van der Waals surface area contributed by atoms with E-state index in [2.05, 4.69) is 6.08 Å². The van der Waals surface area contributed by atoms with Crippen molar-refractivity contribution >= 4 is 11.8 Å². The first kappa shape index (κ1) is 13.7. The van der Waals surface area contributed by atoms with Gasteiger partial charge in [0, 0.05) is 0 Å². The molecule has 3 aliphatic rings. The quantitative estimate of drug-likeness (QED) is 0.784. The Morgan fingerprint density at radius 1 is 1.18 bits per heavy atom. The highest BCUT2D eigenvalue weighted by Gasteiger charge is 2.59. The molecule has 1 aromatic carbocycles. The molecule has 1 aromatic rings. The third kappa shape index (κ3) is 1.95. The summed E-state index contributed by atoms with van der Waals surface area (Å²) in [5.74, 6) is 0.740. The van der Waals surface area contributed by atoms with Gasteiger partial charge in [0.2, 0.25) is 0 Å². The van der Waals surface area contributed by atoms with Crippen molar-refractivity contribution in [3.05, 3.63) is 48.0 Å². The Morgan fingerprint density at radius 3 is 2.82 bits per heavy atom. The number of benzene rings is 1. The maximum Gasteiger partial charge on any atom is 0.338 e. The molecule has 0 aliphatic heterocycles. The van der Waals surface area contributed by atoms with Crippen LogP contribution in [0.15, 0.2) is 42.5 Å². The van der Waals surface area contributed by atoms with Gasteiger partial charge in [0.1, 0.15) is 6.10 Å². The van der Waals surface area contributed by atoms with E-state index in [1.165, 1.54) is 0 Å². The molecule has 1 spiro atoms. The number of hydrogen-bond acceptors (Lipinski definition) is 3. The largest absolute Gasteiger partial charge is 0.458 e. The number of ketones is 1. The molecule has 0 heterocycles. The van der Waals surface area contributed by atoms with Gasteiger partial charge < -0.3 is 4.74 Å². The first-order chi connectivity index (χ1) is 10.7. The van der Waals surface area contributed by atoms with Crippen LogP contribution in [0.25, 0.3) is 0 Å². The number of rotatable bonds is 2. The summed E-state index contributed by atoms with van der Waals surface area (Å²) in [6, 6.07) is 9.07. The van der Waals surface area contributed by atoms with Gasteiger partial charge in [-0.25, -0.2) is 4.79 Å². The SMILES string of the molecule is O=C(O[C@@H]1CCC[C@H]2CC3C=CC(=O)[C@]21C3)c1ccccc1. The number of carbonyl (C=O) groups excluding carboxylic acids is 2. The fraction of sp³-hybridized carbons (Fsp3) is 0.474. The van der Waals surface area contributed by atoms with Gasteiger partial charge in [-0.1, -0.05) is 24.3 Å². The molecule has 22 heavy (non-hydrogen) atoms. The Bertz CT molecular complexity index is 633. The van der Waals surface area contributed by atoms with Crippen molar-refractivity contribution in [1.29, 1.82) is 0 Å². The van der Waals surface area contributed by atoms with Crippen LogP contribution >= 0.6 is 0 Å². The molecule has 3 aliphatic carbocycles. The van der Waals surface area contributed by atoms with E-state index in [0.29, 0.717) is 17.4 Å². The summed E-state index contributed by atoms with van der Waals surface area (Å²) in [6.45, 7) is 0. The fourth-order valence-electron chi connectivity index (χ4n) is 4.76. The predicted octanol–water partition coefficient (Wildman–Crippen LogP) is 3.55. The number of ether oxygens (including phenoxy) is 1. The first-order valence-electron chi connectivity index (χ1n) is 8.19. The number of carbonyl (C=O) groups is 2. The van der Waals surface area contributed by atoms with Crippen LogP contribution in [0, 0.1) is 17.3 Å². The van der Waals surface area contributed by atoms with Crippen molar-refractivity contribution in [1.82, 2.24) is 0 Å². The molecule has 0 N–H and O–H groups in total. The zero-order chi connectivity index (χ0) is 15.2. The Morgan fingerprint density at radius 2 is 2.00 bits per heavy atom. The van der Waals surface area contributed by atoms with Crippen LogP contribution in [0.2, 0.25) is 0 Å². The summed E-state index contributed by atoms with van der Waals surface area (Å²) in [5, 5.41) is 0. The molecule has 3 heteroatoms. The maximum atomic E-state index is 12.7. The molecule has 2 saturated carbocycles. The van der Waals surface area contributed by atoms with Gasteiger partial charge in [0.15, 0.2) is 5.78 Å². The summed E-state index contributed by atoms with van der Waals surface area (Å²) in [6.07, 6.45) is 8.40. The van der Waals surface area contributed by atoms with E-state index in [4.69, 9.17) is 4.74 Å². The van der Waals surface area contributed by atoms with E-state index >= 15 is 0 Å². The van der Waals surface area contributed by atoms with Crippen LogP contribution < -0.4 is 0 Å². The van der Waals surface area contributed by atoms with Crippen molar-refractivity contribution in [3.8, 4) is 0 Å². The lowest BCUT2D eigenvalue weighted by Gasteiger charge is -2.44. The summed E-state index contributed by atoms with van der Waals surface area (Å²) in [7, 11) is 0. The van der Waals surface area contributed by atoms with Gasteiger partial charge >= 0.3 is 5.97 Å². The first-order valence-corrected chi connectivity index (χ1v) is 8.19. The van der Waals surface area contributed by atoms with Crippen molar-refractivity contribution in [2.75, 3.05) is 0 Å². The lowest BCUT2D eigenvalue weighted by Crippen LogP contribution is -2.50. The van der Waals surface area contributed by atoms with Crippen molar-refractivity contribution in [2.24, 2.45) is 17.3 Å². The Kier molecular flexibility index (Phi) is 3.17. The highest BCUT2D eigenvalue weighted by Crippen LogP contribution is 2.58. The minimum Gasteiger partial charge on any atom is -0.458 e. The van der Waals surface area contributed by atoms with Gasteiger partial charge in [-0.3, -0.25) is 4.79 Å². The zero-order valence-corrected chi connectivity index (χ0v) is 12.5. The number of fused-ring (bicyclic) bond motifs is 1. The predicted molar refractivity (Wildman–Crippen MR) is 82.3 cm³/mol. The monoisotopic (exact) mass is 296 g/mol. The van der Waals surface area contributed by atoms with Crippen molar-refractivity contribution < 1.29 is 14.3 Å². The lowest BCUT2D eigenvalue weighted by molar-refractivity contribution is -0.139. The lowest BCUT2D eigenvalue weighted by atomic mass is 9.63. The Hall–Kier alpha value is -1.90. The van der Waals surface area contributed by atoms with E-state index in [1.807, 2.05) is 18.2 Å². The highest BCUT2D eigenvalue weighted by molar-refractivity contribution is 5.98. The molecule has 0 saturated heterocycles. The summed E-state index contributed by atoms with van der Waals surface area (Å²) < 4.78 is 5.84. The molecule has 0 radical (unpaired) electrons. The highest BCUT2D eigenvalue weighted by atomic mass is 16.5. The maximum absolute atomic E-state index is 12.7. The van der Waals surface area contributed by atoms with E-state index in [9.17, 15) is 9.59 Å². The molecular formula is C19H20O3. The molecule has 2 fully saturated rings. The third-order valence-electron chi connectivity index (χ3n) is 5.75. The standard InChI is InChI=1S/C19H20O3/c20-16-10-9-13-11-15-7-4-8-17(19(15,16)12-13)22-18(21)14-5-2-1-3-6-14/h1-3,5-6,9-10,13,15,17H,4,7-8,11-12H2/t13?,15-,17+,19-/m0/s1. The van der Waals surface area contributed by atoms with E-state index in [1.54, 1.807) is 18.2 Å². The Labute approximate surface area is 130 Å². The number of hydrogen-bond donors (Lipinski definition) is 0. The van der Waals surface area contributed by atoms with Gasteiger partial charge in [0.25, 0.3) is 0 Å². The zero-order valence-electron chi connectivity index (χ0n) is 12.5. The molecule has 114 valence electrons. The van der Waals surface area contributed by atoms with Crippen LogP contribution in [0.3, 0.4) is 0 Å². The average Bonchev–Trinajstić information content (AvgIpc) is 2.88. The van der Waals surface area contributed by atoms with Crippen LogP contribution in [0.1, 0.15) is 42.5 Å². The molecule has 0 amide bonds. The number of esters is 1. The smallest absolute Gasteiger partial charge is 0.338 e. The number of allylic oxidation sites excluding steroid dienone is 2. The second-order valence-electron chi connectivity index (χ2n) is 6.85. The minimum absolute atomic E-state index is 0.178. The van der Waals surface area contributed by atoms with Crippen LogP contribution in [0.4, 0.5) is 0 Å². The van der Waals surface area contributed by atoms with E-state index in [0.717, 1.165) is 32.1 Å². The van der Waals surface area contributed by atoms with Crippen LogP contribution in [0.5, 0.6) is 0 Å². The van der Waals surface area contributed by atoms with E-state index in [-0.39, 0.29) is 17.9 Å². The van der Waals surface area contributed by atoms with Gasteiger partial charge in [-0.15, -0.1) is 0 Å². The molecule has 2 bridgehead atoms. The van der Waals surface area contributed by atoms with Gasteiger partial charge in [-0.2, -0.15) is 0 Å². The van der Waals surface area contributed by atoms with Gasteiger partial charge in [0.05, 0.1) is 11.0 Å².